The highest BCUT2D eigenvalue weighted by atomic mass is 35.5. The monoisotopic (exact) mass is 443 g/mol. The highest BCUT2D eigenvalue weighted by molar-refractivity contribution is 6.32. The van der Waals surface area contributed by atoms with E-state index in [4.69, 9.17) is 21.1 Å². The number of halogens is 2. The van der Waals surface area contributed by atoms with Gasteiger partial charge < -0.3 is 25.4 Å². The molecule has 0 aliphatic carbocycles. The Balaban J connectivity index is 1.57. The van der Waals surface area contributed by atoms with E-state index in [1.54, 1.807) is 37.3 Å². The Morgan fingerprint density at radius 1 is 1.26 bits per heavy atom. The van der Waals surface area contributed by atoms with E-state index in [1.165, 1.54) is 7.11 Å². The molecule has 0 radical (unpaired) electrons. The Hall–Kier alpha value is -3.59. The number of nitrogens with one attached hydrogen (secondary N) is 3. The molecule has 160 valence electrons. The molecule has 0 spiro atoms. The van der Waals surface area contributed by atoms with Gasteiger partial charge in [0.1, 0.15) is 11.5 Å². The number of methoxy groups -OCH3 is 1. The Kier molecular flexibility index (Phi) is 5.51. The molecule has 0 saturated carbocycles. The lowest BCUT2D eigenvalue weighted by Gasteiger charge is -2.23. The lowest BCUT2D eigenvalue weighted by atomic mass is 10.2. The van der Waals surface area contributed by atoms with Gasteiger partial charge in [-0.1, -0.05) is 11.6 Å². The average molecular weight is 444 g/mol. The SMILES string of the molecule is COc1cc(C)c(Nc2ncc(F)c(Nc3ccc4c(c3)NC(=O)[C@@H](C)O4)n2)cc1Cl. The van der Waals surface area contributed by atoms with Crippen LogP contribution in [-0.4, -0.2) is 29.1 Å². The quantitative estimate of drug-likeness (QED) is 0.521. The van der Waals surface area contributed by atoms with Crippen molar-refractivity contribution in [2.24, 2.45) is 0 Å². The van der Waals surface area contributed by atoms with E-state index in [9.17, 15) is 9.18 Å². The number of benzene rings is 2. The second-order valence-electron chi connectivity index (χ2n) is 6.90. The van der Waals surface area contributed by atoms with Gasteiger partial charge in [-0.05, 0) is 49.7 Å². The van der Waals surface area contributed by atoms with Crippen LogP contribution in [0.1, 0.15) is 12.5 Å². The number of hydrogen-bond donors (Lipinski definition) is 3. The van der Waals surface area contributed by atoms with Crippen LogP contribution < -0.4 is 25.4 Å². The zero-order valence-corrected chi connectivity index (χ0v) is 17.7. The van der Waals surface area contributed by atoms with Crippen molar-refractivity contribution in [1.29, 1.82) is 0 Å². The minimum absolute atomic E-state index is 0.0360. The summed E-state index contributed by atoms with van der Waals surface area (Å²) in [6, 6.07) is 8.49. The van der Waals surface area contributed by atoms with Crippen molar-refractivity contribution < 1.29 is 18.7 Å². The van der Waals surface area contributed by atoms with Gasteiger partial charge in [0.15, 0.2) is 17.7 Å². The number of aryl methyl sites for hydroxylation is 1. The molecule has 3 N–H and O–H groups in total. The Morgan fingerprint density at radius 2 is 2.06 bits per heavy atom. The summed E-state index contributed by atoms with van der Waals surface area (Å²) >= 11 is 6.19. The fourth-order valence-corrected chi connectivity index (χ4v) is 3.25. The van der Waals surface area contributed by atoms with Gasteiger partial charge in [0.25, 0.3) is 5.91 Å². The number of anilines is 5. The second kappa shape index (κ2) is 8.27. The standard InChI is InChI=1S/C21H19ClFN5O3/c1-10-6-18(30-3)13(22)8-15(10)27-21-24-9-14(23)19(28-21)25-12-4-5-17-16(7-12)26-20(29)11(2)31-17/h4-9,11H,1-3H3,(H,26,29)(H2,24,25,27,28)/t11-/m1/s1. The molecule has 1 amide bonds. The molecule has 3 aromatic rings. The first-order chi connectivity index (χ1) is 14.8. The summed E-state index contributed by atoms with van der Waals surface area (Å²) < 4.78 is 25.1. The molecule has 2 aromatic carbocycles. The fraction of sp³-hybridized carbons (Fsp3) is 0.190. The van der Waals surface area contributed by atoms with Crippen LogP contribution in [-0.2, 0) is 4.79 Å². The van der Waals surface area contributed by atoms with Gasteiger partial charge in [-0.15, -0.1) is 0 Å². The molecule has 0 unspecified atom stereocenters. The molecule has 1 atom stereocenters. The van der Waals surface area contributed by atoms with Crippen LogP contribution in [0.2, 0.25) is 5.02 Å². The minimum atomic E-state index is -0.637. The number of ether oxygens (including phenoxy) is 2. The molecular formula is C21H19ClFN5O3. The lowest BCUT2D eigenvalue weighted by Crippen LogP contribution is -2.34. The molecule has 0 fully saturated rings. The van der Waals surface area contributed by atoms with Crippen molar-refractivity contribution in [1.82, 2.24) is 9.97 Å². The predicted molar refractivity (Wildman–Crippen MR) is 116 cm³/mol. The fourth-order valence-electron chi connectivity index (χ4n) is 3.00. The molecule has 2 heterocycles. The number of fused-ring (bicyclic) bond motifs is 1. The summed E-state index contributed by atoms with van der Waals surface area (Å²) in [5.41, 5.74) is 2.52. The third kappa shape index (κ3) is 4.31. The van der Waals surface area contributed by atoms with Crippen molar-refractivity contribution in [2.75, 3.05) is 23.1 Å². The van der Waals surface area contributed by atoms with Gasteiger partial charge >= 0.3 is 0 Å². The topological polar surface area (TPSA) is 97.4 Å². The van der Waals surface area contributed by atoms with E-state index < -0.39 is 11.9 Å². The van der Waals surface area contributed by atoms with E-state index in [0.29, 0.717) is 33.6 Å². The predicted octanol–water partition coefficient (Wildman–Crippen LogP) is 4.79. The van der Waals surface area contributed by atoms with Crippen LogP contribution in [0.5, 0.6) is 11.5 Å². The largest absolute Gasteiger partial charge is 0.495 e. The maximum Gasteiger partial charge on any atom is 0.265 e. The van der Waals surface area contributed by atoms with Gasteiger partial charge in [0, 0.05) is 11.4 Å². The van der Waals surface area contributed by atoms with Gasteiger partial charge in [-0.25, -0.2) is 9.37 Å². The number of amides is 1. The maximum atomic E-state index is 14.3. The molecule has 0 bridgehead atoms. The first kappa shape index (κ1) is 20.7. The minimum Gasteiger partial charge on any atom is -0.495 e. The molecule has 1 aliphatic heterocycles. The van der Waals surface area contributed by atoms with Crippen molar-refractivity contribution in [3.05, 3.63) is 52.9 Å². The van der Waals surface area contributed by atoms with E-state index in [1.807, 2.05) is 6.92 Å². The van der Waals surface area contributed by atoms with Crippen LogP contribution in [0.15, 0.2) is 36.5 Å². The summed E-state index contributed by atoms with van der Waals surface area (Å²) in [4.78, 5) is 20.0. The third-order valence-electron chi connectivity index (χ3n) is 4.66. The van der Waals surface area contributed by atoms with Gasteiger partial charge in [-0.2, -0.15) is 4.98 Å². The zero-order chi connectivity index (χ0) is 22.1. The molecule has 31 heavy (non-hydrogen) atoms. The Morgan fingerprint density at radius 3 is 2.84 bits per heavy atom. The average Bonchev–Trinajstić information content (AvgIpc) is 2.74. The molecule has 4 rings (SSSR count). The Bertz CT molecular complexity index is 1170. The van der Waals surface area contributed by atoms with Crippen molar-refractivity contribution in [2.45, 2.75) is 20.0 Å². The lowest BCUT2D eigenvalue weighted by molar-refractivity contribution is -0.122. The van der Waals surface area contributed by atoms with Crippen molar-refractivity contribution in [3.8, 4) is 11.5 Å². The highest BCUT2D eigenvalue weighted by Crippen LogP contribution is 2.34. The van der Waals surface area contributed by atoms with Crippen LogP contribution in [0.4, 0.5) is 33.2 Å². The van der Waals surface area contributed by atoms with Crippen molar-refractivity contribution in [3.63, 3.8) is 0 Å². The van der Waals surface area contributed by atoms with Crippen LogP contribution >= 0.6 is 11.6 Å². The van der Waals surface area contributed by atoms with Gasteiger partial charge in [-0.3, -0.25) is 4.79 Å². The van der Waals surface area contributed by atoms with Crippen LogP contribution in [0, 0.1) is 12.7 Å². The van der Waals surface area contributed by atoms with E-state index >= 15 is 0 Å². The molecule has 0 saturated heterocycles. The molecule has 1 aromatic heterocycles. The zero-order valence-electron chi connectivity index (χ0n) is 16.9. The van der Waals surface area contributed by atoms with E-state index in [0.717, 1.165) is 11.8 Å². The second-order valence-corrected chi connectivity index (χ2v) is 7.31. The van der Waals surface area contributed by atoms with E-state index in [2.05, 4.69) is 25.9 Å². The maximum absolute atomic E-state index is 14.3. The van der Waals surface area contributed by atoms with Crippen LogP contribution in [0.3, 0.4) is 0 Å². The molecule has 1 aliphatic rings. The number of carbonyl (C=O) groups is 1. The summed E-state index contributed by atoms with van der Waals surface area (Å²) in [6.07, 6.45) is 0.484. The number of rotatable bonds is 5. The van der Waals surface area contributed by atoms with Gasteiger partial charge in [0.2, 0.25) is 5.95 Å². The van der Waals surface area contributed by atoms with Crippen molar-refractivity contribution >= 4 is 46.3 Å². The summed E-state index contributed by atoms with van der Waals surface area (Å²) in [5.74, 6) is 0.335. The molecule has 10 heteroatoms. The van der Waals surface area contributed by atoms with Crippen LogP contribution in [0.25, 0.3) is 0 Å². The number of aromatic nitrogens is 2. The molecule has 8 nitrogen and oxygen atoms in total. The summed E-state index contributed by atoms with van der Waals surface area (Å²) in [7, 11) is 1.54. The Labute approximate surface area is 182 Å². The smallest absolute Gasteiger partial charge is 0.265 e. The molecular weight excluding hydrogens is 425 g/mol. The summed E-state index contributed by atoms with van der Waals surface area (Å²) in [5, 5.41) is 9.10. The van der Waals surface area contributed by atoms with Gasteiger partial charge in [0.05, 0.1) is 24.0 Å². The van der Waals surface area contributed by atoms with E-state index in [-0.39, 0.29) is 17.7 Å². The normalized spacial score (nSPS) is 14.9. The first-order valence-corrected chi connectivity index (χ1v) is 9.74. The first-order valence-electron chi connectivity index (χ1n) is 9.36. The summed E-state index contributed by atoms with van der Waals surface area (Å²) in [6.45, 7) is 3.53. The number of hydrogen-bond acceptors (Lipinski definition) is 7. The third-order valence-corrected chi connectivity index (χ3v) is 4.96. The number of nitrogens with zero attached hydrogens (tertiary/aromatic N) is 2. The number of carbonyl (C=O) groups excluding carboxylic acids is 1. The highest BCUT2D eigenvalue weighted by Gasteiger charge is 2.23.